The van der Waals surface area contributed by atoms with Crippen LogP contribution in [-0.2, 0) is 6.61 Å². The maximum atomic E-state index is 12.3. The molecule has 154 valence electrons. The van der Waals surface area contributed by atoms with Crippen molar-refractivity contribution in [3.8, 4) is 11.5 Å². The SMILES string of the molecule is CCOc1cc(/C=N/NC(=O)c2ccccc2C)ccc1OCc1ccc(C)cc1. The van der Waals surface area contributed by atoms with Crippen molar-refractivity contribution in [2.45, 2.75) is 27.4 Å². The number of carbonyl (C=O) groups is 1. The van der Waals surface area contributed by atoms with E-state index in [-0.39, 0.29) is 5.91 Å². The first-order chi connectivity index (χ1) is 14.6. The van der Waals surface area contributed by atoms with Crippen molar-refractivity contribution in [1.29, 1.82) is 0 Å². The van der Waals surface area contributed by atoms with Crippen LogP contribution in [0, 0.1) is 13.8 Å². The number of ether oxygens (including phenoxy) is 2. The van der Waals surface area contributed by atoms with Crippen LogP contribution < -0.4 is 14.9 Å². The lowest BCUT2D eigenvalue weighted by molar-refractivity contribution is 0.0954. The lowest BCUT2D eigenvalue weighted by atomic mass is 10.1. The predicted molar refractivity (Wildman–Crippen MR) is 119 cm³/mol. The molecule has 1 N–H and O–H groups in total. The van der Waals surface area contributed by atoms with Gasteiger partial charge in [-0.05, 0) is 61.7 Å². The van der Waals surface area contributed by atoms with Gasteiger partial charge in [0.25, 0.3) is 5.91 Å². The molecule has 0 aliphatic carbocycles. The summed E-state index contributed by atoms with van der Waals surface area (Å²) in [6.07, 6.45) is 1.59. The number of hydrogen-bond donors (Lipinski definition) is 1. The van der Waals surface area contributed by atoms with Gasteiger partial charge in [-0.2, -0.15) is 5.10 Å². The van der Waals surface area contributed by atoms with E-state index in [2.05, 4.69) is 29.6 Å². The average molecular weight is 402 g/mol. The minimum absolute atomic E-state index is 0.243. The van der Waals surface area contributed by atoms with Crippen LogP contribution in [0.4, 0.5) is 0 Å². The summed E-state index contributed by atoms with van der Waals surface area (Å²) in [4.78, 5) is 12.3. The fourth-order valence-electron chi connectivity index (χ4n) is 2.89. The number of benzene rings is 3. The van der Waals surface area contributed by atoms with Crippen molar-refractivity contribution in [3.05, 3.63) is 94.5 Å². The highest BCUT2D eigenvalue weighted by atomic mass is 16.5. The molecule has 0 spiro atoms. The van der Waals surface area contributed by atoms with Crippen LogP contribution in [0.5, 0.6) is 11.5 Å². The van der Waals surface area contributed by atoms with Crippen LogP contribution >= 0.6 is 0 Å². The summed E-state index contributed by atoms with van der Waals surface area (Å²) in [5.41, 5.74) is 7.17. The fraction of sp³-hybridized carbons (Fsp3) is 0.200. The van der Waals surface area contributed by atoms with Gasteiger partial charge in [-0.15, -0.1) is 0 Å². The van der Waals surface area contributed by atoms with Gasteiger partial charge in [0, 0.05) is 5.56 Å². The lowest BCUT2D eigenvalue weighted by Gasteiger charge is -2.13. The molecule has 0 radical (unpaired) electrons. The molecular weight excluding hydrogens is 376 g/mol. The first-order valence-electron chi connectivity index (χ1n) is 9.91. The first kappa shape index (κ1) is 21.1. The molecule has 30 heavy (non-hydrogen) atoms. The highest BCUT2D eigenvalue weighted by molar-refractivity contribution is 5.96. The minimum atomic E-state index is -0.243. The molecular formula is C25H26N2O3. The number of nitrogens with one attached hydrogen (secondary N) is 1. The van der Waals surface area contributed by atoms with E-state index in [4.69, 9.17) is 9.47 Å². The summed E-state index contributed by atoms with van der Waals surface area (Å²) < 4.78 is 11.7. The zero-order chi connectivity index (χ0) is 21.3. The van der Waals surface area contributed by atoms with E-state index in [0.29, 0.717) is 30.3 Å². The van der Waals surface area contributed by atoms with Crippen molar-refractivity contribution >= 4 is 12.1 Å². The van der Waals surface area contributed by atoms with E-state index < -0.39 is 0 Å². The molecule has 0 atom stereocenters. The van der Waals surface area contributed by atoms with Gasteiger partial charge in [0.05, 0.1) is 12.8 Å². The Bertz CT molecular complexity index is 1030. The minimum Gasteiger partial charge on any atom is -0.490 e. The van der Waals surface area contributed by atoms with Crippen LogP contribution in [0.2, 0.25) is 0 Å². The number of nitrogens with zero attached hydrogens (tertiary/aromatic N) is 1. The van der Waals surface area contributed by atoms with Crippen LogP contribution in [0.1, 0.15) is 39.5 Å². The Hall–Kier alpha value is -3.60. The molecule has 0 aliphatic heterocycles. The van der Waals surface area contributed by atoms with Gasteiger partial charge in [-0.3, -0.25) is 4.79 Å². The number of amides is 1. The third-order valence-electron chi connectivity index (χ3n) is 4.55. The Kier molecular flexibility index (Phi) is 7.22. The molecule has 3 aromatic rings. The number of hydrogen-bond acceptors (Lipinski definition) is 4. The normalized spacial score (nSPS) is 10.8. The summed E-state index contributed by atoms with van der Waals surface area (Å²) in [6, 6.07) is 21.2. The van der Waals surface area contributed by atoms with E-state index in [1.807, 2.05) is 62.4 Å². The van der Waals surface area contributed by atoms with Gasteiger partial charge < -0.3 is 9.47 Å². The van der Waals surface area contributed by atoms with Gasteiger partial charge in [-0.1, -0.05) is 48.0 Å². The third-order valence-corrected chi connectivity index (χ3v) is 4.55. The van der Waals surface area contributed by atoms with Crippen molar-refractivity contribution in [2.75, 3.05) is 6.61 Å². The molecule has 0 unspecified atom stereocenters. The van der Waals surface area contributed by atoms with Gasteiger partial charge in [-0.25, -0.2) is 5.43 Å². The molecule has 0 aromatic heterocycles. The molecule has 3 rings (SSSR count). The van der Waals surface area contributed by atoms with E-state index in [1.54, 1.807) is 12.3 Å². The van der Waals surface area contributed by atoms with Gasteiger partial charge in [0.2, 0.25) is 0 Å². The third kappa shape index (κ3) is 5.70. The maximum Gasteiger partial charge on any atom is 0.271 e. The largest absolute Gasteiger partial charge is 0.490 e. The predicted octanol–water partition coefficient (Wildman–Crippen LogP) is 5.05. The van der Waals surface area contributed by atoms with Crippen LogP contribution in [0.25, 0.3) is 0 Å². The maximum absolute atomic E-state index is 12.3. The monoisotopic (exact) mass is 402 g/mol. The molecule has 0 aliphatic rings. The summed E-state index contributed by atoms with van der Waals surface area (Å²) >= 11 is 0. The van der Waals surface area contributed by atoms with Gasteiger partial charge in [0.1, 0.15) is 6.61 Å². The van der Waals surface area contributed by atoms with Crippen LogP contribution in [-0.4, -0.2) is 18.7 Å². The van der Waals surface area contributed by atoms with Gasteiger partial charge in [0.15, 0.2) is 11.5 Å². The van der Waals surface area contributed by atoms with E-state index in [9.17, 15) is 4.79 Å². The van der Waals surface area contributed by atoms with E-state index in [1.165, 1.54) is 5.56 Å². The van der Waals surface area contributed by atoms with E-state index >= 15 is 0 Å². The first-order valence-corrected chi connectivity index (χ1v) is 9.91. The molecule has 5 nitrogen and oxygen atoms in total. The zero-order valence-corrected chi connectivity index (χ0v) is 17.5. The molecule has 0 heterocycles. The number of rotatable bonds is 8. The average Bonchev–Trinajstić information content (AvgIpc) is 2.75. The Balaban J connectivity index is 1.66. The second-order valence-corrected chi connectivity index (χ2v) is 6.93. The van der Waals surface area contributed by atoms with Gasteiger partial charge >= 0.3 is 0 Å². The topological polar surface area (TPSA) is 59.9 Å². The second-order valence-electron chi connectivity index (χ2n) is 6.93. The summed E-state index contributed by atoms with van der Waals surface area (Å²) in [6.45, 7) is 6.85. The summed E-state index contributed by atoms with van der Waals surface area (Å²) in [5, 5.41) is 4.07. The molecule has 0 bridgehead atoms. The highest BCUT2D eigenvalue weighted by Gasteiger charge is 2.08. The Morgan fingerprint density at radius 2 is 1.73 bits per heavy atom. The second kappa shape index (κ2) is 10.3. The van der Waals surface area contributed by atoms with Crippen molar-refractivity contribution in [3.63, 3.8) is 0 Å². The van der Waals surface area contributed by atoms with Crippen molar-refractivity contribution in [1.82, 2.24) is 5.43 Å². The zero-order valence-electron chi connectivity index (χ0n) is 17.5. The summed E-state index contributed by atoms with van der Waals surface area (Å²) in [7, 11) is 0. The van der Waals surface area contributed by atoms with Crippen LogP contribution in [0.3, 0.4) is 0 Å². The molecule has 0 saturated heterocycles. The molecule has 0 fully saturated rings. The molecule has 1 amide bonds. The van der Waals surface area contributed by atoms with Crippen molar-refractivity contribution < 1.29 is 14.3 Å². The number of hydrazone groups is 1. The smallest absolute Gasteiger partial charge is 0.271 e. The Morgan fingerprint density at radius 3 is 2.47 bits per heavy atom. The standard InChI is InChI=1S/C25H26N2O3/c1-4-29-24-15-21(16-26-27-25(28)22-8-6-5-7-19(22)3)13-14-23(24)30-17-20-11-9-18(2)10-12-20/h5-16H,4,17H2,1-3H3,(H,27,28)/b26-16+. The van der Waals surface area contributed by atoms with Crippen LogP contribution in [0.15, 0.2) is 71.8 Å². The van der Waals surface area contributed by atoms with E-state index in [0.717, 1.165) is 16.7 Å². The molecule has 3 aromatic carbocycles. The Morgan fingerprint density at radius 1 is 0.967 bits per heavy atom. The number of carbonyl (C=O) groups excluding carboxylic acids is 1. The fourth-order valence-corrected chi connectivity index (χ4v) is 2.89. The lowest BCUT2D eigenvalue weighted by Crippen LogP contribution is -2.18. The Labute approximate surface area is 177 Å². The molecule has 0 saturated carbocycles. The summed E-state index contributed by atoms with van der Waals surface area (Å²) in [5.74, 6) is 1.06. The quantitative estimate of drug-likeness (QED) is 0.424. The molecule has 5 heteroatoms. The highest BCUT2D eigenvalue weighted by Crippen LogP contribution is 2.29. The van der Waals surface area contributed by atoms with Crippen molar-refractivity contribution in [2.24, 2.45) is 5.10 Å². The number of aryl methyl sites for hydroxylation is 2.